The van der Waals surface area contributed by atoms with Gasteiger partial charge in [-0.3, -0.25) is 0 Å². The molecule has 46 heavy (non-hydrogen) atoms. The van der Waals surface area contributed by atoms with Crippen molar-refractivity contribution in [2.75, 3.05) is 12.4 Å². The summed E-state index contributed by atoms with van der Waals surface area (Å²) in [6.45, 7) is 6.89. The van der Waals surface area contributed by atoms with Gasteiger partial charge in [0.15, 0.2) is 0 Å². The molecule has 6 aromatic carbocycles. The average molecular weight is 600 g/mol. The Kier molecular flexibility index (Phi) is 7.64. The molecule has 4 heteroatoms. The number of fused-ring (bicyclic) bond motifs is 3. The first-order valence-corrected chi connectivity index (χ1v) is 16.0. The van der Waals surface area contributed by atoms with Crippen LogP contribution in [0.4, 0.5) is 5.69 Å². The number of hydrogen-bond acceptors (Lipinski definition) is 3. The molecule has 1 aliphatic rings. The number of hydrogen-bond donors (Lipinski definition) is 3. The summed E-state index contributed by atoms with van der Waals surface area (Å²) in [5.41, 5.74) is 16.9. The van der Waals surface area contributed by atoms with E-state index in [0.29, 0.717) is 5.46 Å². The molecule has 226 valence electrons. The van der Waals surface area contributed by atoms with Crippen LogP contribution in [0.25, 0.3) is 44.5 Å². The quantitative estimate of drug-likeness (QED) is 0.161. The fraction of sp³-hybridized carbons (Fsp3) is 0.143. The summed E-state index contributed by atoms with van der Waals surface area (Å²) in [5.74, 6) is 0. The summed E-state index contributed by atoms with van der Waals surface area (Å²) in [6, 6.07) is 45.0. The average Bonchev–Trinajstić information content (AvgIpc) is 3.30. The molecule has 0 aromatic heterocycles. The molecule has 0 aliphatic heterocycles. The molecule has 0 saturated heterocycles. The van der Waals surface area contributed by atoms with Crippen molar-refractivity contribution in [3.63, 3.8) is 0 Å². The molecule has 0 saturated carbocycles. The van der Waals surface area contributed by atoms with Gasteiger partial charge < -0.3 is 15.4 Å². The molecule has 0 radical (unpaired) electrons. The van der Waals surface area contributed by atoms with Crippen molar-refractivity contribution >= 4 is 18.3 Å². The molecule has 0 spiro atoms. The van der Waals surface area contributed by atoms with Gasteiger partial charge in [0.25, 0.3) is 0 Å². The third kappa shape index (κ3) is 5.14. The third-order valence-corrected chi connectivity index (χ3v) is 9.72. The van der Waals surface area contributed by atoms with Crippen molar-refractivity contribution in [1.29, 1.82) is 0 Å². The van der Waals surface area contributed by atoms with Gasteiger partial charge in [-0.2, -0.15) is 0 Å². The molecule has 0 unspecified atom stereocenters. The molecular formula is C42H38BNO2. The van der Waals surface area contributed by atoms with Crippen LogP contribution in [0, 0.1) is 6.92 Å². The molecule has 6 aromatic rings. The predicted molar refractivity (Wildman–Crippen MR) is 194 cm³/mol. The Morgan fingerprint density at radius 2 is 1.24 bits per heavy atom. The number of nitrogens with one attached hydrogen (secondary N) is 1. The zero-order valence-electron chi connectivity index (χ0n) is 26.8. The molecule has 7 rings (SSSR count). The van der Waals surface area contributed by atoms with Crippen LogP contribution in [-0.4, -0.2) is 24.2 Å². The molecule has 3 N–H and O–H groups in total. The number of aryl methyl sites for hydroxylation is 1. The van der Waals surface area contributed by atoms with Crippen molar-refractivity contribution in [1.82, 2.24) is 0 Å². The SMILES string of the molecule is CNc1ccc(-c2ccc(C)c(-c3cc4c(cc3Cc3ccccc3)C(C)(C)c3ccccc3-4)c2)cc1-c1ccccc1B(O)O. The van der Waals surface area contributed by atoms with E-state index in [-0.39, 0.29) is 5.41 Å². The molecule has 0 bridgehead atoms. The van der Waals surface area contributed by atoms with E-state index in [9.17, 15) is 10.0 Å². The highest BCUT2D eigenvalue weighted by molar-refractivity contribution is 6.60. The van der Waals surface area contributed by atoms with Crippen LogP contribution < -0.4 is 10.8 Å². The zero-order valence-corrected chi connectivity index (χ0v) is 26.8. The van der Waals surface area contributed by atoms with Gasteiger partial charge in [0.2, 0.25) is 0 Å². The Labute approximate surface area is 272 Å². The van der Waals surface area contributed by atoms with E-state index in [4.69, 9.17) is 0 Å². The van der Waals surface area contributed by atoms with E-state index < -0.39 is 7.12 Å². The number of benzene rings is 6. The van der Waals surface area contributed by atoms with Crippen molar-refractivity contribution in [3.05, 3.63) is 155 Å². The summed E-state index contributed by atoms with van der Waals surface area (Å²) in [4.78, 5) is 0. The number of anilines is 1. The highest BCUT2D eigenvalue weighted by atomic mass is 16.4. The maximum atomic E-state index is 10.1. The predicted octanol–water partition coefficient (Wildman–Crippen LogP) is 8.61. The molecule has 1 aliphatic carbocycles. The van der Waals surface area contributed by atoms with E-state index in [1.54, 1.807) is 6.07 Å². The summed E-state index contributed by atoms with van der Waals surface area (Å²) in [6.07, 6.45) is 0.848. The first-order chi connectivity index (χ1) is 22.3. The van der Waals surface area contributed by atoms with Gasteiger partial charge in [0.05, 0.1) is 0 Å². The summed E-state index contributed by atoms with van der Waals surface area (Å²) in [5, 5.41) is 23.6. The standard InChI is InChI=1S/C42H38BNO2/c1-27-18-19-29(30-20-21-41(44-4)37(24-30)33-15-9-11-17-40(33)43(45)46)23-34(27)35-26-36-32-14-8-10-16-38(32)42(2,3)39(36)25-31(35)22-28-12-6-5-7-13-28/h5-21,23-26,44-46H,22H2,1-4H3. The maximum absolute atomic E-state index is 10.1. The minimum absolute atomic E-state index is 0.0727. The second kappa shape index (κ2) is 11.8. The van der Waals surface area contributed by atoms with Gasteiger partial charge >= 0.3 is 7.12 Å². The Balaban J connectivity index is 1.41. The van der Waals surface area contributed by atoms with Crippen LogP contribution in [0.2, 0.25) is 0 Å². The molecule has 0 atom stereocenters. The van der Waals surface area contributed by atoms with Gasteiger partial charge in [-0.15, -0.1) is 0 Å². The van der Waals surface area contributed by atoms with Crippen molar-refractivity contribution < 1.29 is 10.0 Å². The maximum Gasteiger partial charge on any atom is 0.489 e. The second-order valence-electron chi connectivity index (χ2n) is 12.9. The summed E-state index contributed by atoms with van der Waals surface area (Å²) in [7, 11) is 0.329. The van der Waals surface area contributed by atoms with Crippen LogP contribution in [0.15, 0.2) is 127 Å². The Hall–Kier alpha value is -4.90. The zero-order chi connectivity index (χ0) is 32.0. The molecule has 0 heterocycles. The molecule has 3 nitrogen and oxygen atoms in total. The first kappa shape index (κ1) is 29.8. The minimum Gasteiger partial charge on any atom is -0.423 e. The van der Waals surface area contributed by atoms with E-state index in [1.165, 1.54) is 50.1 Å². The lowest BCUT2D eigenvalue weighted by molar-refractivity contribution is 0.426. The van der Waals surface area contributed by atoms with Crippen molar-refractivity contribution in [2.45, 2.75) is 32.6 Å². The molecule has 0 fully saturated rings. The molecular weight excluding hydrogens is 561 g/mol. The Bertz CT molecular complexity index is 2080. The highest BCUT2D eigenvalue weighted by Gasteiger charge is 2.36. The van der Waals surface area contributed by atoms with E-state index in [1.807, 2.05) is 25.2 Å². The van der Waals surface area contributed by atoms with E-state index in [0.717, 1.165) is 34.4 Å². The Morgan fingerprint density at radius 1 is 0.587 bits per heavy atom. The lowest BCUT2D eigenvalue weighted by Crippen LogP contribution is -2.31. The minimum atomic E-state index is -1.56. The fourth-order valence-electron chi connectivity index (χ4n) is 7.23. The third-order valence-electron chi connectivity index (χ3n) is 9.72. The first-order valence-electron chi connectivity index (χ1n) is 16.0. The van der Waals surface area contributed by atoms with Gasteiger partial charge in [-0.05, 0) is 110 Å². The topological polar surface area (TPSA) is 52.5 Å². The van der Waals surface area contributed by atoms with Crippen molar-refractivity contribution in [2.24, 2.45) is 0 Å². The van der Waals surface area contributed by atoms with Crippen LogP contribution in [0.5, 0.6) is 0 Å². The van der Waals surface area contributed by atoms with E-state index in [2.05, 4.69) is 129 Å². The van der Waals surface area contributed by atoms with Crippen LogP contribution >= 0.6 is 0 Å². The monoisotopic (exact) mass is 599 g/mol. The van der Waals surface area contributed by atoms with Gasteiger partial charge in [-0.25, -0.2) is 0 Å². The number of rotatable bonds is 7. The van der Waals surface area contributed by atoms with Gasteiger partial charge in [0.1, 0.15) is 0 Å². The van der Waals surface area contributed by atoms with Crippen molar-refractivity contribution in [3.8, 4) is 44.5 Å². The van der Waals surface area contributed by atoms with Crippen LogP contribution in [0.3, 0.4) is 0 Å². The second-order valence-corrected chi connectivity index (χ2v) is 12.9. The smallest absolute Gasteiger partial charge is 0.423 e. The lowest BCUT2D eigenvalue weighted by atomic mass is 9.75. The molecule has 0 amide bonds. The highest BCUT2D eigenvalue weighted by Crippen LogP contribution is 2.51. The van der Waals surface area contributed by atoms with Crippen LogP contribution in [-0.2, 0) is 11.8 Å². The largest absolute Gasteiger partial charge is 0.489 e. The van der Waals surface area contributed by atoms with Crippen LogP contribution in [0.1, 0.15) is 41.7 Å². The van der Waals surface area contributed by atoms with Gasteiger partial charge in [-0.1, -0.05) is 117 Å². The van der Waals surface area contributed by atoms with E-state index >= 15 is 0 Å². The van der Waals surface area contributed by atoms with Gasteiger partial charge in [0, 0.05) is 23.7 Å². The Morgan fingerprint density at radius 3 is 1.98 bits per heavy atom. The summed E-state index contributed by atoms with van der Waals surface area (Å²) < 4.78 is 0. The summed E-state index contributed by atoms with van der Waals surface area (Å²) >= 11 is 0. The normalized spacial score (nSPS) is 12.8. The fourth-order valence-corrected chi connectivity index (χ4v) is 7.23. The lowest BCUT2D eigenvalue weighted by Gasteiger charge is -2.23.